The van der Waals surface area contributed by atoms with Crippen LogP contribution < -0.4 is 0 Å². The van der Waals surface area contributed by atoms with Crippen LogP contribution in [-0.2, 0) is 0 Å². The van der Waals surface area contributed by atoms with Crippen LogP contribution in [0.2, 0.25) is 0 Å². The summed E-state index contributed by atoms with van der Waals surface area (Å²) >= 11 is 0. The van der Waals surface area contributed by atoms with E-state index in [-0.39, 0.29) is 0 Å². The van der Waals surface area contributed by atoms with Crippen LogP contribution in [0.15, 0.2) is 219 Å². The van der Waals surface area contributed by atoms with Gasteiger partial charge in [-0.15, -0.1) is 0 Å². The normalized spacial score (nSPS) is 11.3. The number of nitrogens with zero attached hydrogens (tertiary/aromatic N) is 8. The molecule has 0 bridgehead atoms. The summed E-state index contributed by atoms with van der Waals surface area (Å²) in [7, 11) is 0. The summed E-state index contributed by atoms with van der Waals surface area (Å²) < 4.78 is 0. The van der Waals surface area contributed by atoms with E-state index in [4.69, 9.17) is 19.9 Å². The minimum atomic E-state index is 0.798. The topological polar surface area (TPSA) is 103 Å². The quantitative estimate of drug-likeness (QED) is 0.139. The van der Waals surface area contributed by atoms with E-state index in [0.717, 1.165) is 90.1 Å². The molecule has 0 N–H and O–H groups in total. The van der Waals surface area contributed by atoms with Crippen LogP contribution in [0.3, 0.4) is 0 Å². The van der Waals surface area contributed by atoms with Gasteiger partial charge < -0.3 is 0 Å². The molecule has 8 nitrogen and oxygen atoms in total. The Morgan fingerprint density at radius 1 is 0.182 bits per heavy atom. The van der Waals surface area contributed by atoms with E-state index in [1.165, 1.54) is 32.3 Å². The molecule has 0 amide bonds. The molecular weight excluding hydrogens is 809 g/mol. The van der Waals surface area contributed by atoms with Gasteiger partial charge in [0, 0.05) is 88.5 Å². The molecule has 8 aromatic heterocycles. The zero-order valence-corrected chi connectivity index (χ0v) is 35.4. The molecule has 0 aliphatic carbocycles. The maximum Gasteiger partial charge on any atom is 0.0886 e. The van der Waals surface area contributed by atoms with Crippen molar-refractivity contribution in [2.24, 2.45) is 0 Å². The highest BCUT2D eigenvalue weighted by Crippen LogP contribution is 2.39. The number of aromatic nitrogens is 8. The van der Waals surface area contributed by atoms with Crippen LogP contribution >= 0.6 is 0 Å². The molecule has 0 atom stereocenters. The lowest BCUT2D eigenvalue weighted by Gasteiger charge is -2.13. The molecule has 0 saturated carbocycles. The largest absolute Gasteiger partial charge is 0.256 e. The number of fused-ring (bicyclic) bond motifs is 6. The average molecular weight is 845 g/mol. The van der Waals surface area contributed by atoms with Crippen LogP contribution in [0.5, 0.6) is 0 Å². The lowest BCUT2D eigenvalue weighted by Crippen LogP contribution is -1.91. The van der Waals surface area contributed by atoms with Crippen molar-refractivity contribution in [3.05, 3.63) is 219 Å². The van der Waals surface area contributed by atoms with Gasteiger partial charge in [0.05, 0.1) is 45.6 Å². The smallest absolute Gasteiger partial charge is 0.0886 e. The third-order valence-corrected chi connectivity index (χ3v) is 12.1. The molecule has 8 heterocycles. The number of hydrogen-bond donors (Lipinski definition) is 0. The zero-order chi connectivity index (χ0) is 43.8. The number of benzene rings is 4. The first kappa shape index (κ1) is 38.5. The molecule has 0 saturated heterocycles. The minimum Gasteiger partial charge on any atom is -0.256 e. The SMILES string of the molecule is c1ccc(-c2ccc(-c3ccc(-c4ccc(-c5ccc6c7ccccc7c7ccc(-c8ccc(-c9ccc(-c%10ccc(-c%11ccccn%11)cn%10)cn9)nc8)cc7c6c5)nc4)nc3)nc2)nc1. The number of pyridine rings is 8. The molecule has 0 aliphatic heterocycles. The molecule has 8 heteroatoms. The summed E-state index contributed by atoms with van der Waals surface area (Å²) in [5.41, 5.74) is 14.8. The van der Waals surface area contributed by atoms with E-state index in [2.05, 4.69) is 105 Å². The molecular formula is C58H36N8. The van der Waals surface area contributed by atoms with Gasteiger partial charge in [-0.05, 0) is 141 Å². The fourth-order valence-electron chi connectivity index (χ4n) is 8.64. The molecule has 0 aliphatic rings. The molecule has 0 fully saturated rings. The molecule has 0 radical (unpaired) electrons. The zero-order valence-electron chi connectivity index (χ0n) is 35.4. The second kappa shape index (κ2) is 16.5. The van der Waals surface area contributed by atoms with Crippen molar-refractivity contribution in [3.63, 3.8) is 0 Å². The van der Waals surface area contributed by atoms with Gasteiger partial charge in [0.25, 0.3) is 0 Å². The van der Waals surface area contributed by atoms with Crippen molar-refractivity contribution in [1.82, 2.24) is 39.9 Å². The van der Waals surface area contributed by atoms with E-state index in [0.29, 0.717) is 0 Å². The van der Waals surface area contributed by atoms with E-state index < -0.39 is 0 Å². The molecule has 66 heavy (non-hydrogen) atoms. The molecule has 12 rings (SSSR count). The lowest BCUT2D eigenvalue weighted by molar-refractivity contribution is 1.23. The van der Waals surface area contributed by atoms with Crippen LogP contribution in [0, 0.1) is 0 Å². The average Bonchev–Trinajstić information content (AvgIpc) is 3.41. The Kier molecular flexibility index (Phi) is 9.65. The summed E-state index contributed by atoms with van der Waals surface area (Å²) in [6.07, 6.45) is 14.8. The van der Waals surface area contributed by atoms with Gasteiger partial charge in [0.2, 0.25) is 0 Å². The predicted octanol–water partition coefficient (Wildman–Crippen LogP) is 13.6. The first-order valence-corrected chi connectivity index (χ1v) is 21.7. The lowest BCUT2D eigenvalue weighted by atomic mass is 9.91. The Hall–Kier alpha value is -9.14. The van der Waals surface area contributed by atoms with Gasteiger partial charge in [0.1, 0.15) is 0 Å². The summed E-state index contributed by atoms with van der Waals surface area (Å²) in [6, 6.07) is 58.3. The van der Waals surface area contributed by atoms with Gasteiger partial charge in [-0.25, -0.2) is 0 Å². The van der Waals surface area contributed by atoms with Crippen molar-refractivity contribution in [1.29, 1.82) is 0 Å². The molecule has 12 aromatic rings. The molecule has 0 spiro atoms. The third kappa shape index (κ3) is 7.28. The van der Waals surface area contributed by atoms with Crippen LogP contribution in [-0.4, -0.2) is 39.9 Å². The van der Waals surface area contributed by atoms with E-state index in [1.807, 2.05) is 122 Å². The first-order chi connectivity index (χ1) is 32.7. The summed E-state index contributed by atoms with van der Waals surface area (Å²) in [5, 5.41) is 7.18. The van der Waals surface area contributed by atoms with Crippen LogP contribution in [0.4, 0.5) is 0 Å². The third-order valence-electron chi connectivity index (χ3n) is 12.1. The maximum absolute atomic E-state index is 4.95. The van der Waals surface area contributed by atoms with Gasteiger partial charge in [-0.3, -0.25) is 39.9 Å². The number of hydrogen-bond acceptors (Lipinski definition) is 8. The van der Waals surface area contributed by atoms with E-state index in [1.54, 1.807) is 12.4 Å². The predicted molar refractivity (Wildman–Crippen MR) is 265 cm³/mol. The standard InChI is InChI=1S/C58H36N8/c1-2-8-46-45(7-1)47-19-11-37(39-13-25-57(65-31-39)58-26-18-44(36-66-58)56-23-16-41(33-63-56)52-10-4-6-28-60-52)29-49(47)50-30-38(12-20-48(46)50)53-21-14-42(34-61-53)55-24-17-43(35-64-55)54-22-15-40(32-62-54)51-9-3-5-27-59-51/h1-36H. The van der Waals surface area contributed by atoms with Gasteiger partial charge in [0.15, 0.2) is 0 Å². The first-order valence-electron chi connectivity index (χ1n) is 21.7. The van der Waals surface area contributed by atoms with E-state index >= 15 is 0 Å². The Labute approximate surface area is 380 Å². The minimum absolute atomic E-state index is 0.798. The summed E-state index contributed by atoms with van der Waals surface area (Å²) in [6.45, 7) is 0. The van der Waals surface area contributed by atoms with Gasteiger partial charge in [-0.2, -0.15) is 0 Å². The maximum atomic E-state index is 4.95. The van der Waals surface area contributed by atoms with Crippen LogP contribution in [0.1, 0.15) is 0 Å². The summed E-state index contributed by atoms with van der Waals surface area (Å²) in [4.78, 5) is 37.6. The Morgan fingerprint density at radius 3 is 0.864 bits per heavy atom. The molecule has 308 valence electrons. The van der Waals surface area contributed by atoms with Crippen molar-refractivity contribution in [2.45, 2.75) is 0 Å². The van der Waals surface area contributed by atoms with Crippen LogP contribution in [0.25, 0.3) is 122 Å². The van der Waals surface area contributed by atoms with Crippen molar-refractivity contribution in [3.8, 4) is 90.1 Å². The van der Waals surface area contributed by atoms with Crippen molar-refractivity contribution >= 4 is 32.3 Å². The fourth-order valence-corrected chi connectivity index (χ4v) is 8.64. The van der Waals surface area contributed by atoms with Gasteiger partial charge in [-0.1, -0.05) is 66.7 Å². The highest BCUT2D eigenvalue weighted by Gasteiger charge is 2.14. The molecule has 4 aromatic carbocycles. The van der Waals surface area contributed by atoms with Gasteiger partial charge >= 0.3 is 0 Å². The Morgan fingerprint density at radius 2 is 0.485 bits per heavy atom. The van der Waals surface area contributed by atoms with Crippen molar-refractivity contribution in [2.75, 3.05) is 0 Å². The Bertz CT molecular complexity index is 3430. The summed E-state index contributed by atoms with van der Waals surface area (Å²) in [5.74, 6) is 0. The van der Waals surface area contributed by atoms with E-state index in [9.17, 15) is 0 Å². The fraction of sp³-hybridized carbons (Fsp3) is 0. The second-order valence-electron chi connectivity index (χ2n) is 16.1. The Balaban J connectivity index is 0.809. The highest BCUT2D eigenvalue weighted by molar-refractivity contribution is 6.26. The highest BCUT2D eigenvalue weighted by atomic mass is 14.8. The molecule has 0 unspecified atom stereocenters. The second-order valence-corrected chi connectivity index (χ2v) is 16.1. The van der Waals surface area contributed by atoms with Crippen molar-refractivity contribution < 1.29 is 0 Å². The number of rotatable bonds is 8. The monoisotopic (exact) mass is 844 g/mol.